The number of fused-ring (bicyclic) bond motifs is 1. The van der Waals surface area contributed by atoms with E-state index in [1.54, 1.807) is 6.20 Å². The van der Waals surface area contributed by atoms with Crippen molar-refractivity contribution < 1.29 is 37.3 Å². The van der Waals surface area contributed by atoms with Crippen LogP contribution < -0.4 is 4.74 Å². The molecule has 0 bridgehead atoms. The molecule has 3 atom stereocenters. The number of halogens is 3. The van der Waals surface area contributed by atoms with Gasteiger partial charge in [-0.05, 0) is 37.7 Å². The highest BCUT2D eigenvalue weighted by Crippen LogP contribution is 2.33. The molecule has 1 N–H and O–H groups in total. The fraction of sp³-hybridized carbons (Fsp3) is 0.700. The molecule has 1 aliphatic carbocycles. The summed E-state index contributed by atoms with van der Waals surface area (Å²) < 4.78 is 49.4. The largest absolute Gasteiger partial charge is 0.490 e. The van der Waals surface area contributed by atoms with Crippen molar-refractivity contribution in [2.75, 3.05) is 32.9 Å². The Morgan fingerprint density at radius 1 is 1.20 bits per heavy atom. The van der Waals surface area contributed by atoms with Crippen LogP contribution in [-0.4, -0.2) is 78.3 Å². The van der Waals surface area contributed by atoms with Crippen molar-refractivity contribution in [3.8, 4) is 5.88 Å². The third kappa shape index (κ3) is 6.29. The van der Waals surface area contributed by atoms with E-state index in [-0.39, 0.29) is 12.2 Å². The maximum Gasteiger partial charge on any atom is 0.490 e. The van der Waals surface area contributed by atoms with Crippen LogP contribution in [0.15, 0.2) is 24.4 Å². The van der Waals surface area contributed by atoms with Gasteiger partial charge in [0.2, 0.25) is 5.88 Å². The van der Waals surface area contributed by atoms with E-state index < -0.39 is 12.1 Å². The van der Waals surface area contributed by atoms with E-state index in [4.69, 9.17) is 24.1 Å². The molecule has 4 rings (SSSR count). The van der Waals surface area contributed by atoms with Gasteiger partial charge >= 0.3 is 12.1 Å². The Morgan fingerprint density at radius 2 is 1.93 bits per heavy atom. The minimum absolute atomic E-state index is 0.132. The van der Waals surface area contributed by atoms with Crippen LogP contribution in [0.3, 0.4) is 0 Å². The zero-order chi connectivity index (χ0) is 21.6. The summed E-state index contributed by atoms with van der Waals surface area (Å²) in [5.41, 5.74) is 0. The van der Waals surface area contributed by atoms with E-state index in [9.17, 15) is 13.2 Å². The summed E-state index contributed by atoms with van der Waals surface area (Å²) in [7, 11) is 0. The number of morpholine rings is 1. The lowest BCUT2D eigenvalue weighted by molar-refractivity contribution is -0.192. The quantitative estimate of drug-likeness (QED) is 0.784. The lowest BCUT2D eigenvalue weighted by atomic mass is 9.98. The van der Waals surface area contributed by atoms with E-state index in [0.29, 0.717) is 11.9 Å². The first kappa shape index (κ1) is 22.8. The lowest BCUT2D eigenvalue weighted by Gasteiger charge is -2.41. The first-order valence-corrected chi connectivity index (χ1v) is 10.2. The van der Waals surface area contributed by atoms with Gasteiger partial charge in [0, 0.05) is 44.6 Å². The maximum atomic E-state index is 10.6. The molecule has 0 amide bonds. The number of alkyl halides is 3. The summed E-state index contributed by atoms with van der Waals surface area (Å²) in [5.74, 6) is -1.27. The number of ether oxygens (including phenoxy) is 3. The van der Waals surface area contributed by atoms with Gasteiger partial charge in [-0.15, -0.1) is 0 Å². The summed E-state index contributed by atoms with van der Waals surface area (Å²) in [4.78, 5) is 15.8. The number of hydrogen-bond donors (Lipinski definition) is 1. The van der Waals surface area contributed by atoms with Gasteiger partial charge in [0.25, 0.3) is 0 Å². The molecular weight excluding hydrogens is 405 g/mol. The third-order valence-corrected chi connectivity index (χ3v) is 5.64. The van der Waals surface area contributed by atoms with Crippen molar-refractivity contribution in [2.24, 2.45) is 5.92 Å². The molecule has 3 fully saturated rings. The molecule has 7 nitrogen and oxygen atoms in total. The Balaban J connectivity index is 0.000000318. The Kier molecular flexibility index (Phi) is 7.90. The average molecular weight is 432 g/mol. The molecule has 0 spiro atoms. The van der Waals surface area contributed by atoms with E-state index in [1.807, 2.05) is 18.2 Å². The number of carboxylic acids is 1. The summed E-state index contributed by atoms with van der Waals surface area (Å²) in [6.07, 6.45) is 1.62. The van der Waals surface area contributed by atoms with E-state index in [2.05, 4.69) is 9.88 Å². The summed E-state index contributed by atoms with van der Waals surface area (Å²) >= 11 is 0. The minimum atomic E-state index is -5.08. The van der Waals surface area contributed by atoms with Crippen LogP contribution in [0.1, 0.15) is 25.7 Å². The van der Waals surface area contributed by atoms with Crippen molar-refractivity contribution in [3.63, 3.8) is 0 Å². The SMILES string of the molecule is O=C(O)C(F)(F)F.c1ccc(O[C@@H]2CC[C@H]3[C@H]2OCCN3CC2CCOCC2)nc1. The van der Waals surface area contributed by atoms with Crippen LogP contribution in [0.25, 0.3) is 0 Å². The molecule has 1 aromatic rings. The zero-order valence-electron chi connectivity index (χ0n) is 16.6. The van der Waals surface area contributed by atoms with E-state index in [1.165, 1.54) is 19.4 Å². The molecule has 0 aromatic carbocycles. The van der Waals surface area contributed by atoms with Gasteiger partial charge in [-0.2, -0.15) is 13.2 Å². The van der Waals surface area contributed by atoms with Crippen molar-refractivity contribution in [2.45, 2.75) is 50.1 Å². The number of hydrogen-bond acceptors (Lipinski definition) is 6. The average Bonchev–Trinajstić information content (AvgIpc) is 3.13. The second-order valence-corrected chi connectivity index (χ2v) is 7.66. The molecule has 3 aliphatic rings. The first-order valence-electron chi connectivity index (χ1n) is 10.2. The number of carboxylic acid groups (broad SMARTS) is 1. The van der Waals surface area contributed by atoms with Crippen molar-refractivity contribution in [1.29, 1.82) is 0 Å². The topological polar surface area (TPSA) is 81.1 Å². The van der Waals surface area contributed by atoms with Crippen LogP contribution in [0.4, 0.5) is 13.2 Å². The monoisotopic (exact) mass is 432 g/mol. The molecular formula is C20H27F3N2O5. The van der Waals surface area contributed by atoms with E-state index >= 15 is 0 Å². The van der Waals surface area contributed by atoms with Crippen molar-refractivity contribution >= 4 is 5.97 Å². The van der Waals surface area contributed by atoms with Crippen molar-refractivity contribution in [1.82, 2.24) is 9.88 Å². The van der Waals surface area contributed by atoms with Gasteiger partial charge in [-0.25, -0.2) is 9.78 Å². The molecule has 3 heterocycles. The molecule has 30 heavy (non-hydrogen) atoms. The maximum absolute atomic E-state index is 10.6. The molecule has 0 radical (unpaired) electrons. The second kappa shape index (κ2) is 10.4. The van der Waals surface area contributed by atoms with Gasteiger partial charge in [-0.1, -0.05) is 6.07 Å². The normalized spacial score (nSPS) is 27.6. The zero-order valence-corrected chi connectivity index (χ0v) is 16.6. The third-order valence-electron chi connectivity index (χ3n) is 5.64. The molecule has 2 aliphatic heterocycles. The molecule has 1 aromatic heterocycles. The van der Waals surface area contributed by atoms with Crippen LogP contribution in [0.5, 0.6) is 5.88 Å². The number of nitrogens with zero attached hydrogens (tertiary/aromatic N) is 2. The highest BCUT2D eigenvalue weighted by molar-refractivity contribution is 5.73. The summed E-state index contributed by atoms with van der Waals surface area (Å²) in [6.45, 7) is 4.90. The van der Waals surface area contributed by atoms with Gasteiger partial charge in [0.1, 0.15) is 12.2 Å². The fourth-order valence-electron chi connectivity index (χ4n) is 4.18. The number of aromatic nitrogens is 1. The van der Waals surface area contributed by atoms with Crippen LogP contribution >= 0.6 is 0 Å². The van der Waals surface area contributed by atoms with Crippen LogP contribution in [0, 0.1) is 5.92 Å². The van der Waals surface area contributed by atoms with Crippen LogP contribution in [-0.2, 0) is 14.3 Å². The van der Waals surface area contributed by atoms with Gasteiger partial charge < -0.3 is 19.3 Å². The highest BCUT2D eigenvalue weighted by Gasteiger charge is 2.44. The number of rotatable bonds is 4. The number of pyridine rings is 1. The van der Waals surface area contributed by atoms with Crippen molar-refractivity contribution in [3.05, 3.63) is 24.4 Å². The lowest BCUT2D eigenvalue weighted by Crippen LogP contribution is -2.53. The van der Waals surface area contributed by atoms with E-state index in [0.717, 1.165) is 45.1 Å². The van der Waals surface area contributed by atoms with Gasteiger partial charge in [0.15, 0.2) is 0 Å². The smallest absolute Gasteiger partial charge is 0.475 e. The highest BCUT2D eigenvalue weighted by atomic mass is 19.4. The molecule has 0 unspecified atom stereocenters. The Hall–Kier alpha value is -1.91. The van der Waals surface area contributed by atoms with Gasteiger partial charge in [-0.3, -0.25) is 4.90 Å². The Labute approximate surface area is 173 Å². The summed E-state index contributed by atoms with van der Waals surface area (Å²) in [5, 5.41) is 7.12. The molecule has 10 heteroatoms. The molecule has 168 valence electrons. The molecule has 1 saturated carbocycles. The predicted octanol–water partition coefficient (Wildman–Crippen LogP) is 2.75. The number of carbonyl (C=O) groups is 1. The second-order valence-electron chi connectivity index (χ2n) is 7.66. The van der Waals surface area contributed by atoms with Crippen LogP contribution in [0.2, 0.25) is 0 Å². The fourth-order valence-corrected chi connectivity index (χ4v) is 4.18. The minimum Gasteiger partial charge on any atom is -0.475 e. The first-order chi connectivity index (χ1) is 14.3. The Bertz CT molecular complexity index is 670. The van der Waals surface area contributed by atoms with Gasteiger partial charge in [0.05, 0.1) is 6.61 Å². The predicted molar refractivity (Wildman–Crippen MR) is 100 cm³/mol. The molecule has 2 saturated heterocycles. The Morgan fingerprint density at radius 3 is 2.57 bits per heavy atom. The standard InChI is InChI=1S/C18H26N2O3.C2HF3O2/c1-2-8-19-17(3-1)23-16-5-4-15-18(16)22-12-9-20(15)13-14-6-10-21-11-7-14;3-2(4,5)1(6)7/h1-3,8,14-16,18H,4-7,9-13H2;(H,6,7)/t15-,16+,18+;/m0./s1. The number of aliphatic carboxylic acids is 1. The summed E-state index contributed by atoms with van der Waals surface area (Å²) in [6, 6.07) is 6.31.